The van der Waals surface area contributed by atoms with Gasteiger partial charge in [0.15, 0.2) is 0 Å². The van der Waals surface area contributed by atoms with E-state index >= 15 is 0 Å². The highest BCUT2D eigenvalue weighted by Crippen LogP contribution is 2.31. The van der Waals surface area contributed by atoms with Gasteiger partial charge in [-0.1, -0.05) is 40.0 Å². The molecule has 0 radical (unpaired) electrons. The highest BCUT2D eigenvalue weighted by Gasteiger charge is 2.31. The molecule has 2 saturated carbocycles. The summed E-state index contributed by atoms with van der Waals surface area (Å²) in [4.78, 5) is 2.68. The monoisotopic (exact) mass is 280 g/mol. The van der Waals surface area contributed by atoms with Crippen molar-refractivity contribution < 1.29 is 0 Å². The van der Waals surface area contributed by atoms with Gasteiger partial charge in [0, 0.05) is 25.2 Å². The summed E-state index contributed by atoms with van der Waals surface area (Å²) in [5.41, 5.74) is 0.451. The molecule has 2 aliphatic carbocycles. The van der Waals surface area contributed by atoms with Crippen LogP contribution in [0.15, 0.2) is 0 Å². The van der Waals surface area contributed by atoms with Crippen LogP contribution in [-0.2, 0) is 0 Å². The Labute approximate surface area is 126 Å². The summed E-state index contributed by atoms with van der Waals surface area (Å²) in [5.74, 6) is 0.929. The number of rotatable bonds is 8. The molecule has 0 aromatic rings. The second-order valence-corrected chi connectivity index (χ2v) is 8.06. The van der Waals surface area contributed by atoms with Crippen LogP contribution in [0.5, 0.6) is 0 Å². The second kappa shape index (κ2) is 7.26. The summed E-state index contributed by atoms with van der Waals surface area (Å²) in [6.07, 6.45) is 11.2. The zero-order chi connectivity index (χ0) is 14.6. The van der Waals surface area contributed by atoms with Crippen LogP contribution in [0.25, 0.3) is 0 Å². The largest absolute Gasteiger partial charge is 0.313 e. The van der Waals surface area contributed by atoms with E-state index in [1.807, 2.05) is 0 Å². The molecular weight excluding hydrogens is 244 g/mol. The summed E-state index contributed by atoms with van der Waals surface area (Å²) in [6.45, 7) is 9.72. The van der Waals surface area contributed by atoms with Crippen molar-refractivity contribution in [3.05, 3.63) is 0 Å². The Hall–Kier alpha value is -0.0800. The lowest BCUT2D eigenvalue weighted by atomic mass is 9.82. The maximum atomic E-state index is 3.77. The minimum absolute atomic E-state index is 0.451. The highest BCUT2D eigenvalue weighted by atomic mass is 15.1. The molecule has 0 amide bonds. The van der Waals surface area contributed by atoms with E-state index in [0.717, 1.165) is 18.0 Å². The molecule has 2 rings (SSSR count). The highest BCUT2D eigenvalue weighted by molar-refractivity contribution is 4.88. The molecular formula is C18H36N2. The van der Waals surface area contributed by atoms with Crippen molar-refractivity contribution >= 4 is 0 Å². The van der Waals surface area contributed by atoms with Gasteiger partial charge >= 0.3 is 0 Å². The van der Waals surface area contributed by atoms with Gasteiger partial charge in [0.2, 0.25) is 0 Å². The molecule has 3 atom stereocenters. The molecule has 118 valence electrons. The van der Waals surface area contributed by atoms with Crippen LogP contribution in [0.4, 0.5) is 0 Å². The van der Waals surface area contributed by atoms with Crippen molar-refractivity contribution in [2.75, 3.05) is 20.1 Å². The zero-order valence-electron chi connectivity index (χ0n) is 14.3. The summed E-state index contributed by atoms with van der Waals surface area (Å²) in [5, 5.41) is 3.77. The van der Waals surface area contributed by atoms with E-state index in [-0.39, 0.29) is 0 Å². The second-order valence-electron chi connectivity index (χ2n) is 8.06. The number of nitrogens with zero attached hydrogens (tertiary/aromatic N) is 1. The third kappa shape index (κ3) is 5.04. The molecule has 20 heavy (non-hydrogen) atoms. The van der Waals surface area contributed by atoms with Crippen molar-refractivity contribution in [2.45, 2.75) is 84.2 Å². The van der Waals surface area contributed by atoms with E-state index in [1.54, 1.807) is 0 Å². The average molecular weight is 280 g/mol. The Balaban J connectivity index is 1.84. The SMILES string of the molecule is CCCC(C)(CNC1CC1)CN(C)C1CCCC(C)C1. The Morgan fingerprint density at radius 1 is 1.20 bits per heavy atom. The Kier molecular flexibility index (Phi) is 5.92. The topological polar surface area (TPSA) is 15.3 Å². The van der Waals surface area contributed by atoms with Crippen molar-refractivity contribution in [2.24, 2.45) is 11.3 Å². The Morgan fingerprint density at radius 3 is 2.55 bits per heavy atom. The Bertz CT molecular complexity index is 287. The quantitative estimate of drug-likeness (QED) is 0.721. The smallest absolute Gasteiger partial charge is 0.00949 e. The minimum atomic E-state index is 0.451. The molecule has 3 unspecified atom stereocenters. The van der Waals surface area contributed by atoms with Gasteiger partial charge in [0.05, 0.1) is 0 Å². The van der Waals surface area contributed by atoms with Crippen molar-refractivity contribution in [1.29, 1.82) is 0 Å². The van der Waals surface area contributed by atoms with Crippen LogP contribution in [-0.4, -0.2) is 37.1 Å². The molecule has 0 spiro atoms. The van der Waals surface area contributed by atoms with Crippen LogP contribution < -0.4 is 5.32 Å². The summed E-state index contributed by atoms with van der Waals surface area (Å²) in [6, 6.07) is 1.67. The molecule has 0 aliphatic heterocycles. The van der Waals surface area contributed by atoms with Gasteiger partial charge in [0.25, 0.3) is 0 Å². The van der Waals surface area contributed by atoms with E-state index in [0.29, 0.717) is 5.41 Å². The number of hydrogen-bond donors (Lipinski definition) is 1. The molecule has 2 aliphatic rings. The third-order valence-corrected chi connectivity index (χ3v) is 5.41. The van der Waals surface area contributed by atoms with Crippen LogP contribution >= 0.6 is 0 Å². The fourth-order valence-corrected chi connectivity index (χ4v) is 4.04. The maximum absolute atomic E-state index is 3.77. The standard InChI is InChI=1S/C18H36N2/c1-5-11-18(3,13-19-16-9-10-16)14-20(4)17-8-6-7-15(2)12-17/h15-17,19H,5-14H2,1-4H3. The lowest BCUT2D eigenvalue weighted by Crippen LogP contribution is -2.46. The molecule has 2 fully saturated rings. The van der Waals surface area contributed by atoms with Crippen LogP contribution in [0, 0.1) is 11.3 Å². The summed E-state index contributed by atoms with van der Waals surface area (Å²) in [7, 11) is 2.37. The predicted molar refractivity (Wildman–Crippen MR) is 88.1 cm³/mol. The van der Waals surface area contributed by atoms with Gasteiger partial charge < -0.3 is 10.2 Å². The van der Waals surface area contributed by atoms with E-state index < -0.39 is 0 Å². The third-order valence-electron chi connectivity index (χ3n) is 5.41. The van der Waals surface area contributed by atoms with Crippen LogP contribution in [0.2, 0.25) is 0 Å². The first-order valence-corrected chi connectivity index (χ1v) is 8.96. The first-order chi connectivity index (χ1) is 9.52. The fourth-order valence-electron chi connectivity index (χ4n) is 4.04. The van der Waals surface area contributed by atoms with Crippen LogP contribution in [0.3, 0.4) is 0 Å². The van der Waals surface area contributed by atoms with Crippen molar-refractivity contribution in [3.63, 3.8) is 0 Å². The average Bonchev–Trinajstić information content (AvgIpc) is 3.21. The molecule has 0 bridgehead atoms. The molecule has 0 aromatic carbocycles. The molecule has 0 saturated heterocycles. The Morgan fingerprint density at radius 2 is 1.95 bits per heavy atom. The zero-order valence-corrected chi connectivity index (χ0v) is 14.3. The molecule has 0 heterocycles. The molecule has 2 heteroatoms. The first-order valence-electron chi connectivity index (χ1n) is 8.96. The fraction of sp³-hybridized carbons (Fsp3) is 1.00. The van der Waals surface area contributed by atoms with Gasteiger partial charge in [-0.15, -0.1) is 0 Å². The normalized spacial score (nSPS) is 30.4. The first kappa shape index (κ1) is 16.3. The van der Waals surface area contributed by atoms with Crippen molar-refractivity contribution in [3.8, 4) is 0 Å². The van der Waals surface area contributed by atoms with Gasteiger partial charge in [-0.05, 0) is 50.5 Å². The maximum Gasteiger partial charge on any atom is 0.00949 e. The predicted octanol–water partition coefficient (Wildman–Crippen LogP) is 4.06. The molecule has 2 nitrogen and oxygen atoms in total. The van der Waals surface area contributed by atoms with Gasteiger partial charge in [-0.25, -0.2) is 0 Å². The lowest BCUT2D eigenvalue weighted by molar-refractivity contribution is 0.101. The van der Waals surface area contributed by atoms with Gasteiger partial charge in [-0.2, -0.15) is 0 Å². The number of nitrogens with one attached hydrogen (secondary N) is 1. The lowest BCUT2D eigenvalue weighted by Gasteiger charge is -2.40. The van der Waals surface area contributed by atoms with Gasteiger partial charge in [-0.3, -0.25) is 0 Å². The number of hydrogen-bond acceptors (Lipinski definition) is 2. The van der Waals surface area contributed by atoms with Crippen LogP contribution in [0.1, 0.15) is 72.1 Å². The molecule has 1 N–H and O–H groups in total. The summed E-state index contributed by atoms with van der Waals surface area (Å²) < 4.78 is 0. The molecule has 0 aromatic heterocycles. The van der Waals surface area contributed by atoms with E-state index in [1.165, 1.54) is 64.5 Å². The van der Waals surface area contributed by atoms with E-state index in [4.69, 9.17) is 0 Å². The van der Waals surface area contributed by atoms with E-state index in [2.05, 4.69) is 38.0 Å². The van der Waals surface area contributed by atoms with E-state index in [9.17, 15) is 0 Å². The minimum Gasteiger partial charge on any atom is -0.313 e. The van der Waals surface area contributed by atoms with Gasteiger partial charge in [0.1, 0.15) is 0 Å². The van der Waals surface area contributed by atoms with Crippen molar-refractivity contribution in [1.82, 2.24) is 10.2 Å². The summed E-state index contributed by atoms with van der Waals surface area (Å²) >= 11 is 0.